The average Bonchev–Trinajstić information content (AvgIpc) is 2.86. The van der Waals surface area contributed by atoms with Crippen LogP contribution < -0.4 is 5.73 Å². The molecule has 98 valence electrons. The molecule has 4 atom stereocenters. The molecule has 4 nitrogen and oxygen atoms in total. The summed E-state index contributed by atoms with van der Waals surface area (Å²) in [6, 6.07) is 0.467. The van der Waals surface area contributed by atoms with Crippen LogP contribution in [0.5, 0.6) is 0 Å². The minimum atomic E-state index is -0.220. The van der Waals surface area contributed by atoms with Gasteiger partial charge >= 0.3 is 0 Å². The first-order valence-electron chi connectivity index (χ1n) is 6.81. The number of nitrogens with zero attached hydrogens (tertiary/aromatic N) is 1. The summed E-state index contributed by atoms with van der Waals surface area (Å²) in [5.74, 6) is 0.106. The van der Waals surface area contributed by atoms with Crippen LogP contribution in [0.25, 0.3) is 0 Å². The lowest BCUT2D eigenvalue weighted by molar-refractivity contribution is -0.122. The number of hydrogen-bond donors (Lipinski definition) is 2. The Hall–Kier alpha value is -0.610. The van der Waals surface area contributed by atoms with E-state index in [-0.39, 0.29) is 17.9 Å². The zero-order chi connectivity index (χ0) is 12.4. The van der Waals surface area contributed by atoms with Crippen molar-refractivity contribution in [2.24, 2.45) is 17.6 Å². The second kappa shape index (κ2) is 5.36. The molecule has 3 N–H and O–H groups in total. The van der Waals surface area contributed by atoms with Gasteiger partial charge in [-0.1, -0.05) is 13.3 Å². The Morgan fingerprint density at radius 1 is 1.41 bits per heavy atom. The number of likely N-dealkylation sites (tertiary alicyclic amines) is 1. The molecule has 2 aliphatic rings. The predicted molar refractivity (Wildman–Crippen MR) is 66.3 cm³/mol. The van der Waals surface area contributed by atoms with Gasteiger partial charge in [0.1, 0.15) is 0 Å². The van der Waals surface area contributed by atoms with E-state index in [9.17, 15) is 9.90 Å². The summed E-state index contributed by atoms with van der Waals surface area (Å²) in [7, 11) is 0. The third kappa shape index (κ3) is 2.80. The van der Waals surface area contributed by atoms with Gasteiger partial charge in [0.05, 0.1) is 6.10 Å². The number of nitrogens with two attached hydrogens (primary N) is 1. The molecule has 4 unspecified atom stereocenters. The Kier molecular flexibility index (Phi) is 4.05. The molecule has 0 bridgehead atoms. The maximum Gasteiger partial charge on any atom is 0.221 e. The molecule has 2 rings (SSSR count). The maximum atomic E-state index is 11.1. The highest BCUT2D eigenvalue weighted by molar-refractivity contribution is 5.76. The molecule has 1 heterocycles. The Labute approximate surface area is 103 Å². The monoisotopic (exact) mass is 240 g/mol. The summed E-state index contributed by atoms with van der Waals surface area (Å²) in [5, 5.41) is 9.99. The molecule has 1 aliphatic carbocycles. The standard InChI is InChI=1S/C13H24N2O2/c1-9(13(14)17)8-15-7-3-5-11(15)10-4-2-6-12(10)16/h9-12,16H,2-8H2,1H3,(H2,14,17). The lowest BCUT2D eigenvalue weighted by atomic mass is 9.93. The first-order chi connectivity index (χ1) is 8.09. The summed E-state index contributed by atoms with van der Waals surface area (Å²) < 4.78 is 0. The zero-order valence-electron chi connectivity index (χ0n) is 10.6. The fourth-order valence-electron chi connectivity index (χ4n) is 3.42. The smallest absolute Gasteiger partial charge is 0.221 e. The zero-order valence-corrected chi connectivity index (χ0v) is 10.6. The van der Waals surface area contributed by atoms with Crippen LogP contribution in [0.4, 0.5) is 0 Å². The van der Waals surface area contributed by atoms with E-state index in [2.05, 4.69) is 4.90 Å². The van der Waals surface area contributed by atoms with Crippen molar-refractivity contribution in [3.05, 3.63) is 0 Å². The molecule has 17 heavy (non-hydrogen) atoms. The van der Waals surface area contributed by atoms with E-state index in [0.717, 1.165) is 38.8 Å². The number of carbonyl (C=O) groups excluding carboxylic acids is 1. The highest BCUT2D eigenvalue weighted by Crippen LogP contribution is 2.35. The van der Waals surface area contributed by atoms with Crippen LogP contribution in [-0.4, -0.2) is 41.1 Å². The van der Waals surface area contributed by atoms with E-state index in [0.29, 0.717) is 12.0 Å². The molecule has 1 saturated carbocycles. The average molecular weight is 240 g/mol. The largest absolute Gasteiger partial charge is 0.393 e. The highest BCUT2D eigenvalue weighted by Gasteiger charge is 2.38. The minimum Gasteiger partial charge on any atom is -0.393 e. The van der Waals surface area contributed by atoms with Crippen molar-refractivity contribution in [1.82, 2.24) is 4.90 Å². The minimum absolute atomic E-state index is 0.0888. The van der Waals surface area contributed by atoms with Gasteiger partial charge in [0.25, 0.3) is 0 Å². The Morgan fingerprint density at radius 3 is 2.76 bits per heavy atom. The summed E-state index contributed by atoms with van der Waals surface area (Å²) in [6.07, 6.45) is 5.42. The molecular weight excluding hydrogens is 216 g/mol. The Morgan fingerprint density at radius 2 is 2.18 bits per heavy atom. The Balaban J connectivity index is 1.95. The lowest BCUT2D eigenvalue weighted by Gasteiger charge is -2.32. The molecule has 1 amide bonds. The van der Waals surface area contributed by atoms with Crippen LogP contribution in [0.15, 0.2) is 0 Å². The van der Waals surface area contributed by atoms with E-state index in [1.165, 1.54) is 6.42 Å². The molecule has 0 radical (unpaired) electrons. The SMILES string of the molecule is CC(CN1CCCC1C1CCCC1O)C(N)=O. The first-order valence-corrected chi connectivity index (χ1v) is 6.81. The van der Waals surface area contributed by atoms with E-state index in [1.807, 2.05) is 6.92 Å². The number of hydrogen-bond acceptors (Lipinski definition) is 3. The van der Waals surface area contributed by atoms with Gasteiger partial charge in [0, 0.05) is 24.4 Å². The molecule has 4 heteroatoms. The van der Waals surface area contributed by atoms with Crippen molar-refractivity contribution < 1.29 is 9.90 Å². The third-order valence-corrected chi connectivity index (χ3v) is 4.43. The number of aliphatic hydroxyl groups is 1. The fourth-order valence-corrected chi connectivity index (χ4v) is 3.42. The second-order valence-electron chi connectivity index (χ2n) is 5.67. The summed E-state index contributed by atoms with van der Waals surface area (Å²) in [6.45, 7) is 3.69. The normalized spacial score (nSPS) is 36.2. The van der Waals surface area contributed by atoms with Gasteiger partial charge in [-0.05, 0) is 32.2 Å². The highest BCUT2D eigenvalue weighted by atomic mass is 16.3. The Bertz CT molecular complexity index is 283. The molecular formula is C13H24N2O2. The quantitative estimate of drug-likeness (QED) is 0.761. The number of carbonyl (C=O) groups is 1. The van der Waals surface area contributed by atoms with Gasteiger partial charge in [0.15, 0.2) is 0 Å². The van der Waals surface area contributed by atoms with Gasteiger partial charge in [-0.3, -0.25) is 9.69 Å². The van der Waals surface area contributed by atoms with Crippen LogP contribution >= 0.6 is 0 Å². The number of aliphatic hydroxyl groups excluding tert-OH is 1. The van der Waals surface area contributed by atoms with Gasteiger partial charge in [-0.25, -0.2) is 0 Å². The van der Waals surface area contributed by atoms with Crippen LogP contribution in [0.1, 0.15) is 39.0 Å². The van der Waals surface area contributed by atoms with Crippen LogP contribution in [0.2, 0.25) is 0 Å². The predicted octanol–water partition coefficient (Wildman–Crippen LogP) is 0.733. The first kappa shape index (κ1) is 12.8. The van der Waals surface area contributed by atoms with E-state index < -0.39 is 0 Å². The van der Waals surface area contributed by atoms with E-state index in [1.54, 1.807) is 0 Å². The molecule has 0 aromatic rings. The van der Waals surface area contributed by atoms with Crippen LogP contribution in [0, 0.1) is 11.8 Å². The van der Waals surface area contributed by atoms with Crippen LogP contribution in [0.3, 0.4) is 0 Å². The van der Waals surface area contributed by atoms with Crippen molar-refractivity contribution in [3.63, 3.8) is 0 Å². The van der Waals surface area contributed by atoms with E-state index in [4.69, 9.17) is 5.73 Å². The van der Waals surface area contributed by atoms with Gasteiger partial charge < -0.3 is 10.8 Å². The maximum absolute atomic E-state index is 11.1. The van der Waals surface area contributed by atoms with Crippen molar-refractivity contribution >= 4 is 5.91 Å². The molecule has 2 fully saturated rings. The summed E-state index contributed by atoms with van der Waals surface area (Å²) in [5.41, 5.74) is 5.33. The van der Waals surface area contributed by atoms with Gasteiger partial charge in [-0.15, -0.1) is 0 Å². The second-order valence-corrected chi connectivity index (χ2v) is 5.67. The molecule has 0 spiro atoms. The van der Waals surface area contributed by atoms with Gasteiger partial charge in [0.2, 0.25) is 5.91 Å². The van der Waals surface area contributed by atoms with Crippen molar-refractivity contribution in [2.75, 3.05) is 13.1 Å². The van der Waals surface area contributed by atoms with Gasteiger partial charge in [-0.2, -0.15) is 0 Å². The fraction of sp³-hybridized carbons (Fsp3) is 0.923. The number of amides is 1. The molecule has 1 aliphatic heterocycles. The van der Waals surface area contributed by atoms with Crippen molar-refractivity contribution in [3.8, 4) is 0 Å². The topological polar surface area (TPSA) is 66.6 Å². The summed E-state index contributed by atoms with van der Waals surface area (Å²) in [4.78, 5) is 13.5. The van der Waals surface area contributed by atoms with Crippen LogP contribution in [-0.2, 0) is 4.79 Å². The van der Waals surface area contributed by atoms with Crippen molar-refractivity contribution in [2.45, 2.75) is 51.2 Å². The van der Waals surface area contributed by atoms with E-state index >= 15 is 0 Å². The molecule has 1 saturated heterocycles. The lowest BCUT2D eigenvalue weighted by Crippen LogP contribution is -2.43. The summed E-state index contributed by atoms with van der Waals surface area (Å²) >= 11 is 0. The molecule has 0 aromatic carbocycles. The third-order valence-electron chi connectivity index (χ3n) is 4.43. The molecule has 0 aromatic heterocycles. The number of primary amides is 1. The number of rotatable bonds is 4. The van der Waals surface area contributed by atoms with Crippen molar-refractivity contribution in [1.29, 1.82) is 0 Å².